The first-order valence-corrected chi connectivity index (χ1v) is 5.70. The van der Waals surface area contributed by atoms with Crippen LogP contribution in [-0.2, 0) is 11.2 Å². The number of hydrogen-bond acceptors (Lipinski definition) is 2. The average Bonchev–Trinajstić information content (AvgIpc) is 2.17. The Morgan fingerprint density at radius 2 is 1.75 bits per heavy atom. The zero-order valence-corrected chi connectivity index (χ0v) is 10.6. The second kappa shape index (κ2) is 5.46. The van der Waals surface area contributed by atoms with Crippen molar-refractivity contribution >= 4 is 0 Å². The lowest BCUT2D eigenvalue weighted by atomic mass is 9.84. The minimum atomic E-state index is -0.465. The Morgan fingerprint density at radius 1 is 1.19 bits per heavy atom. The Labute approximate surface area is 98.3 Å². The van der Waals surface area contributed by atoms with Gasteiger partial charge in [-0.2, -0.15) is 0 Å². The molecule has 0 saturated heterocycles. The summed E-state index contributed by atoms with van der Waals surface area (Å²) in [5.74, 6) is 0. The van der Waals surface area contributed by atoms with E-state index in [0.717, 1.165) is 5.56 Å². The van der Waals surface area contributed by atoms with Crippen molar-refractivity contribution in [1.29, 1.82) is 0 Å². The van der Waals surface area contributed by atoms with E-state index in [4.69, 9.17) is 4.74 Å². The molecule has 0 saturated carbocycles. The third-order valence-corrected chi connectivity index (χ3v) is 2.74. The van der Waals surface area contributed by atoms with Crippen molar-refractivity contribution in [2.75, 3.05) is 7.11 Å². The fraction of sp³-hybridized carbons (Fsp3) is 0.571. The summed E-state index contributed by atoms with van der Waals surface area (Å²) in [5, 5.41) is 10.2. The summed E-state index contributed by atoms with van der Waals surface area (Å²) < 4.78 is 5.40. The zero-order valence-electron chi connectivity index (χ0n) is 10.6. The molecular weight excluding hydrogens is 200 g/mol. The quantitative estimate of drug-likeness (QED) is 0.848. The van der Waals surface area contributed by atoms with Crippen molar-refractivity contribution in [3.63, 3.8) is 0 Å². The Hall–Kier alpha value is -0.860. The highest BCUT2D eigenvalue weighted by molar-refractivity contribution is 5.15. The van der Waals surface area contributed by atoms with Crippen LogP contribution in [0, 0.1) is 5.41 Å². The Kier molecular flexibility index (Phi) is 4.51. The van der Waals surface area contributed by atoms with Crippen molar-refractivity contribution in [2.24, 2.45) is 5.41 Å². The van der Waals surface area contributed by atoms with Gasteiger partial charge in [-0.3, -0.25) is 0 Å². The number of benzene rings is 1. The van der Waals surface area contributed by atoms with E-state index >= 15 is 0 Å². The second-order valence-electron chi connectivity index (χ2n) is 5.28. The standard InChI is InChI=1S/C14H22O2/c1-14(2,3)13(16-4)12(15)10-11-8-6-5-7-9-11/h5-9,12-13,15H,10H2,1-4H3. The summed E-state index contributed by atoms with van der Waals surface area (Å²) in [6, 6.07) is 10.0. The second-order valence-corrected chi connectivity index (χ2v) is 5.28. The van der Waals surface area contributed by atoms with Gasteiger partial charge in [0.15, 0.2) is 0 Å². The van der Waals surface area contributed by atoms with Crippen LogP contribution in [0.15, 0.2) is 30.3 Å². The summed E-state index contributed by atoms with van der Waals surface area (Å²) in [6.07, 6.45) is 0.0245. The van der Waals surface area contributed by atoms with Crippen LogP contribution in [0.25, 0.3) is 0 Å². The lowest BCUT2D eigenvalue weighted by molar-refractivity contribution is -0.0699. The maximum absolute atomic E-state index is 10.2. The van der Waals surface area contributed by atoms with Gasteiger partial charge in [0, 0.05) is 13.5 Å². The number of ether oxygens (including phenoxy) is 1. The molecular formula is C14H22O2. The molecule has 1 N–H and O–H groups in total. The Morgan fingerprint density at radius 3 is 2.19 bits per heavy atom. The molecule has 1 rings (SSSR count). The van der Waals surface area contributed by atoms with Crippen LogP contribution in [0.5, 0.6) is 0 Å². The summed E-state index contributed by atoms with van der Waals surface area (Å²) in [6.45, 7) is 6.24. The first-order valence-electron chi connectivity index (χ1n) is 5.70. The maximum Gasteiger partial charge on any atom is 0.0881 e. The SMILES string of the molecule is COC(C(O)Cc1ccccc1)C(C)(C)C. The van der Waals surface area contributed by atoms with Gasteiger partial charge in [-0.05, 0) is 11.0 Å². The third-order valence-electron chi connectivity index (χ3n) is 2.74. The minimum absolute atomic E-state index is 0.0526. The van der Waals surface area contributed by atoms with E-state index in [1.54, 1.807) is 7.11 Å². The highest BCUT2D eigenvalue weighted by Gasteiger charge is 2.31. The first-order chi connectivity index (χ1) is 7.45. The fourth-order valence-electron chi connectivity index (χ4n) is 2.05. The van der Waals surface area contributed by atoms with Gasteiger partial charge in [0.1, 0.15) is 0 Å². The summed E-state index contributed by atoms with van der Waals surface area (Å²) in [4.78, 5) is 0. The zero-order chi connectivity index (χ0) is 12.2. The average molecular weight is 222 g/mol. The topological polar surface area (TPSA) is 29.5 Å². The van der Waals surface area contributed by atoms with E-state index in [-0.39, 0.29) is 11.5 Å². The summed E-state index contributed by atoms with van der Waals surface area (Å²) in [5.41, 5.74) is 1.09. The van der Waals surface area contributed by atoms with Crippen LogP contribution in [0.4, 0.5) is 0 Å². The van der Waals surface area contributed by atoms with Crippen LogP contribution in [-0.4, -0.2) is 24.4 Å². The molecule has 2 unspecified atom stereocenters. The van der Waals surface area contributed by atoms with E-state index in [0.29, 0.717) is 6.42 Å². The van der Waals surface area contributed by atoms with Crippen molar-refractivity contribution in [2.45, 2.75) is 39.4 Å². The van der Waals surface area contributed by atoms with Crippen LogP contribution < -0.4 is 0 Å². The van der Waals surface area contributed by atoms with Crippen LogP contribution >= 0.6 is 0 Å². The van der Waals surface area contributed by atoms with Gasteiger partial charge >= 0.3 is 0 Å². The van der Waals surface area contributed by atoms with Crippen molar-refractivity contribution < 1.29 is 9.84 Å². The molecule has 90 valence electrons. The van der Waals surface area contributed by atoms with Gasteiger partial charge in [-0.15, -0.1) is 0 Å². The van der Waals surface area contributed by atoms with Gasteiger partial charge in [0.05, 0.1) is 12.2 Å². The maximum atomic E-state index is 10.2. The van der Waals surface area contributed by atoms with E-state index in [9.17, 15) is 5.11 Å². The summed E-state index contributed by atoms with van der Waals surface area (Å²) >= 11 is 0. The Bertz CT molecular complexity index is 300. The van der Waals surface area contributed by atoms with Gasteiger partial charge in [0.2, 0.25) is 0 Å². The number of hydrogen-bond donors (Lipinski definition) is 1. The number of rotatable bonds is 4. The van der Waals surface area contributed by atoms with E-state index in [1.807, 2.05) is 30.3 Å². The largest absolute Gasteiger partial charge is 0.390 e. The van der Waals surface area contributed by atoms with Crippen LogP contribution in [0.3, 0.4) is 0 Å². The van der Waals surface area contributed by atoms with E-state index < -0.39 is 6.10 Å². The van der Waals surface area contributed by atoms with Gasteiger partial charge in [-0.25, -0.2) is 0 Å². The minimum Gasteiger partial charge on any atom is -0.390 e. The predicted octanol–water partition coefficient (Wildman–Crippen LogP) is 2.65. The van der Waals surface area contributed by atoms with E-state index in [1.165, 1.54) is 0 Å². The molecule has 0 aliphatic heterocycles. The van der Waals surface area contributed by atoms with Crippen molar-refractivity contribution in [3.8, 4) is 0 Å². The molecule has 0 aromatic heterocycles. The van der Waals surface area contributed by atoms with Gasteiger partial charge in [0.25, 0.3) is 0 Å². The molecule has 1 aromatic rings. The van der Waals surface area contributed by atoms with Crippen molar-refractivity contribution in [3.05, 3.63) is 35.9 Å². The monoisotopic (exact) mass is 222 g/mol. The third kappa shape index (κ3) is 3.62. The molecule has 2 nitrogen and oxygen atoms in total. The Balaban J connectivity index is 2.67. The first kappa shape index (κ1) is 13.2. The number of aliphatic hydroxyl groups excluding tert-OH is 1. The normalized spacial score (nSPS) is 15.8. The molecule has 0 bridgehead atoms. The lowest BCUT2D eigenvalue weighted by Crippen LogP contribution is -2.40. The molecule has 0 spiro atoms. The van der Waals surface area contributed by atoms with Crippen LogP contribution in [0.2, 0.25) is 0 Å². The smallest absolute Gasteiger partial charge is 0.0881 e. The highest BCUT2D eigenvalue weighted by atomic mass is 16.5. The molecule has 0 heterocycles. The van der Waals surface area contributed by atoms with Gasteiger partial charge < -0.3 is 9.84 Å². The van der Waals surface area contributed by atoms with Gasteiger partial charge in [-0.1, -0.05) is 51.1 Å². The molecule has 0 fully saturated rings. The van der Waals surface area contributed by atoms with Crippen molar-refractivity contribution in [1.82, 2.24) is 0 Å². The molecule has 0 aliphatic rings. The molecule has 2 heteroatoms. The summed E-state index contributed by atoms with van der Waals surface area (Å²) in [7, 11) is 1.66. The molecule has 2 atom stereocenters. The highest BCUT2D eigenvalue weighted by Crippen LogP contribution is 2.26. The van der Waals surface area contributed by atoms with E-state index in [2.05, 4.69) is 20.8 Å². The predicted molar refractivity (Wildman–Crippen MR) is 66.4 cm³/mol. The fourth-order valence-corrected chi connectivity index (χ4v) is 2.05. The molecule has 0 amide bonds. The molecule has 0 aliphatic carbocycles. The number of aliphatic hydroxyl groups is 1. The number of methoxy groups -OCH3 is 1. The molecule has 0 radical (unpaired) electrons. The lowest BCUT2D eigenvalue weighted by Gasteiger charge is -2.33. The molecule has 1 aromatic carbocycles. The van der Waals surface area contributed by atoms with Crippen LogP contribution in [0.1, 0.15) is 26.3 Å². The molecule has 16 heavy (non-hydrogen) atoms.